The number of Topliss-reactive ketones (excluding diaryl/α,β-unsaturated/α-hetero) is 1. The fourth-order valence-corrected chi connectivity index (χ4v) is 3.58. The summed E-state index contributed by atoms with van der Waals surface area (Å²) >= 11 is 0. The molecule has 1 aromatic heterocycles. The molecule has 1 aliphatic rings. The van der Waals surface area contributed by atoms with Gasteiger partial charge in [0.25, 0.3) is 0 Å². The van der Waals surface area contributed by atoms with Gasteiger partial charge in [-0.25, -0.2) is 4.98 Å². The Kier molecular flexibility index (Phi) is 7.57. The lowest BCUT2D eigenvalue weighted by molar-refractivity contribution is -0.121. The van der Waals surface area contributed by atoms with E-state index in [0.29, 0.717) is 12.1 Å². The van der Waals surface area contributed by atoms with Crippen molar-refractivity contribution < 1.29 is 9.59 Å². The topological polar surface area (TPSA) is 65.5 Å². The van der Waals surface area contributed by atoms with Gasteiger partial charge < -0.3 is 15.1 Å². The van der Waals surface area contributed by atoms with Crippen LogP contribution in [0.5, 0.6) is 0 Å². The highest BCUT2D eigenvalue weighted by Crippen LogP contribution is 2.15. The fourth-order valence-electron chi connectivity index (χ4n) is 3.58. The normalized spacial score (nSPS) is 14.6. The first-order valence-corrected chi connectivity index (χ1v) is 10.8. The third-order valence-corrected chi connectivity index (χ3v) is 5.85. The summed E-state index contributed by atoms with van der Waals surface area (Å²) in [6.07, 6.45) is 2.23. The van der Waals surface area contributed by atoms with Gasteiger partial charge in [0.2, 0.25) is 5.91 Å². The SMILES string of the molecule is CCN1CCN(c2ccc(CNC(=O)CCC(=O)c3ccc(C)c(C)c3)cn2)CC1. The molecule has 1 fully saturated rings. The smallest absolute Gasteiger partial charge is 0.220 e. The van der Waals surface area contributed by atoms with Crippen LogP contribution in [0.25, 0.3) is 0 Å². The monoisotopic (exact) mass is 408 g/mol. The van der Waals surface area contributed by atoms with E-state index in [4.69, 9.17) is 0 Å². The number of hydrogen-bond donors (Lipinski definition) is 1. The summed E-state index contributed by atoms with van der Waals surface area (Å²) in [5, 5.41) is 2.89. The van der Waals surface area contributed by atoms with Crippen LogP contribution in [0, 0.1) is 13.8 Å². The number of nitrogens with zero attached hydrogens (tertiary/aromatic N) is 3. The number of aromatic nitrogens is 1. The second-order valence-corrected chi connectivity index (χ2v) is 7.94. The Morgan fingerprint density at radius 3 is 2.40 bits per heavy atom. The number of amides is 1. The third-order valence-electron chi connectivity index (χ3n) is 5.85. The van der Waals surface area contributed by atoms with Gasteiger partial charge in [0.1, 0.15) is 5.82 Å². The molecule has 160 valence electrons. The number of piperazine rings is 1. The third kappa shape index (κ3) is 5.89. The van der Waals surface area contributed by atoms with Crippen molar-refractivity contribution in [3.63, 3.8) is 0 Å². The Hall–Kier alpha value is -2.73. The van der Waals surface area contributed by atoms with Crippen molar-refractivity contribution in [3.8, 4) is 0 Å². The van der Waals surface area contributed by atoms with Crippen LogP contribution < -0.4 is 10.2 Å². The number of nitrogens with one attached hydrogen (secondary N) is 1. The molecule has 1 aliphatic heterocycles. The van der Waals surface area contributed by atoms with Crippen molar-refractivity contribution in [1.82, 2.24) is 15.2 Å². The molecule has 6 nitrogen and oxygen atoms in total. The minimum atomic E-state index is -0.119. The number of carbonyl (C=O) groups excluding carboxylic acids is 2. The van der Waals surface area contributed by atoms with Crippen molar-refractivity contribution in [3.05, 3.63) is 58.8 Å². The Bertz CT molecular complexity index is 871. The fraction of sp³-hybridized carbons (Fsp3) is 0.458. The van der Waals surface area contributed by atoms with E-state index in [2.05, 4.69) is 27.0 Å². The number of rotatable bonds is 8. The van der Waals surface area contributed by atoms with Crippen molar-refractivity contribution in [2.45, 2.75) is 40.2 Å². The number of pyridine rings is 1. The molecule has 1 aromatic carbocycles. The molecule has 0 saturated carbocycles. The zero-order valence-electron chi connectivity index (χ0n) is 18.3. The van der Waals surface area contributed by atoms with Gasteiger partial charge in [0.05, 0.1) is 0 Å². The number of anilines is 1. The summed E-state index contributed by atoms with van der Waals surface area (Å²) in [5.41, 5.74) is 3.88. The van der Waals surface area contributed by atoms with E-state index >= 15 is 0 Å². The van der Waals surface area contributed by atoms with Crippen LogP contribution in [-0.2, 0) is 11.3 Å². The Balaban J connectivity index is 1.42. The molecule has 0 spiro atoms. The Morgan fingerprint density at radius 1 is 1.00 bits per heavy atom. The maximum Gasteiger partial charge on any atom is 0.220 e. The summed E-state index contributed by atoms with van der Waals surface area (Å²) in [6, 6.07) is 9.70. The van der Waals surface area contributed by atoms with E-state index in [1.165, 1.54) is 0 Å². The van der Waals surface area contributed by atoms with Crippen LogP contribution in [0.15, 0.2) is 36.5 Å². The summed E-state index contributed by atoms with van der Waals surface area (Å²) in [4.78, 5) is 33.8. The largest absolute Gasteiger partial charge is 0.354 e. The first-order valence-electron chi connectivity index (χ1n) is 10.8. The van der Waals surface area contributed by atoms with E-state index in [0.717, 1.165) is 55.2 Å². The first kappa shape index (κ1) is 22.0. The zero-order valence-corrected chi connectivity index (χ0v) is 18.3. The van der Waals surface area contributed by atoms with Crippen molar-refractivity contribution >= 4 is 17.5 Å². The number of likely N-dealkylation sites (N-methyl/N-ethyl adjacent to an activating group) is 1. The van der Waals surface area contributed by atoms with E-state index < -0.39 is 0 Å². The molecule has 1 amide bonds. The number of hydrogen-bond acceptors (Lipinski definition) is 5. The molecule has 0 aliphatic carbocycles. The lowest BCUT2D eigenvalue weighted by Gasteiger charge is -2.34. The number of aryl methyl sites for hydroxylation is 2. The predicted octanol–water partition coefficient (Wildman–Crippen LogP) is 3.12. The van der Waals surface area contributed by atoms with Crippen LogP contribution in [0.3, 0.4) is 0 Å². The van der Waals surface area contributed by atoms with E-state index in [1.807, 2.05) is 50.4 Å². The maximum absolute atomic E-state index is 12.3. The lowest BCUT2D eigenvalue weighted by atomic mass is 10.0. The van der Waals surface area contributed by atoms with E-state index in [1.54, 1.807) is 0 Å². The van der Waals surface area contributed by atoms with Gasteiger partial charge in [0.15, 0.2) is 5.78 Å². The summed E-state index contributed by atoms with van der Waals surface area (Å²) in [5.74, 6) is 0.870. The Labute approximate surface area is 179 Å². The second-order valence-electron chi connectivity index (χ2n) is 7.94. The molecule has 0 radical (unpaired) electrons. The molecule has 0 unspecified atom stereocenters. The molecule has 0 atom stereocenters. The summed E-state index contributed by atoms with van der Waals surface area (Å²) < 4.78 is 0. The van der Waals surface area contributed by atoms with Crippen molar-refractivity contribution in [1.29, 1.82) is 0 Å². The molecule has 1 N–H and O–H groups in total. The molecule has 6 heteroatoms. The molecule has 1 saturated heterocycles. The highest BCUT2D eigenvalue weighted by Gasteiger charge is 2.16. The lowest BCUT2D eigenvalue weighted by Crippen LogP contribution is -2.46. The highest BCUT2D eigenvalue weighted by molar-refractivity contribution is 5.98. The molecule has 0 bridgehead atoms. The Morgan fingerprint density at radius 2 is 1.77 bits per heavy atom. The molecular formula is C24H32N4O2. The van der Waals surface area contributed by atoms with Crippen LogP contribution in [-0.4, -0.2) is 54.3 Å². The van der Waals surface area contributed by atoms with E-state index in [9.17, 15) is 9.59 Å². The number of benzene rings is 1. The summed E-state index contributed by atoms with van der Waals surface area (Å²) in [7, 11) is 0. The van der Waals surface area contributed by atoms with Gasteiger partial charge in [-0.2, -0.15) is 0 Å². The van der Waals surface area contributed by atoms with Gasteiger partial charge in [-0.05, 0) is 49.2 Å². The van der Waals surface area contributed by atoms with Crippen molar-refractivity contribution in [2.75, 3.05) is 37.6 Å². The molecule has 30 heavy (non-hydrogen) atoms. The van der Waals surface area contributed by atoms with Crippen LogP contribution in [0.4, 0.5) is 5.82 Å². The van der Waals surface area contributed by atoms with Crippen LogP contribution in [0.2, 0.25) is 0 Å². The minimum absolute atomic E-state index is 0.00226. The first-order chi connectivity index (χ1) is 14.5. The number of carbonyl (C=O) groups is 2. The molecule has 2 aromatic rings. The van der Waals surface area contributed by atoms with E-state index in [-0.39, 0.29) is 24.5 Å². The zero-order chi connectivity index (χ0) is 21.5. The minimum Gasteiger partial charge on any atom is -0.354 e. The summed E-state index contributed by atoms with van der Waals surface area (Å²) in [6.45, 7) is 11.8. The average Bonchev–Trinajstić information content (AvgIpc) is 2.78. The van der Waals surface area contributed by atoms with Gasteiger partial charge in [-0.1, -0.05) is 25.1 Å². The number of ketones is 1. The quantitative estimate of drug-likeness (QED) is 0.680. The standard InChI is InChI=1S/C24H32N4O2/c1-4-27-11-13-28(14-12-27)23-9-6-20(16-25-23)17-26-24(30)10-8-22(29)21-7-5-18(2)19(3)15-21/h5-7,9,15-16H,4,8,10-14,17H2,1-3H3,(H,26,30). The van der Waals surface area contributed by atoms with Crippen LogP contribution in [0.1, 0.15) is 46.8 Å². The predicted molar refractivity (Wildman–Crippen MR) is 120 cm³/mol. The highest BCUT2D eigenvalue weighted by atomic mass is 16.2. The van der Waals surface area contributed by atoms with Gasteiger partial charge in [-0.3, -0.25) is 9.59 Å². The average molecular weight is 409 g/mol. The van der Waals surface area contributed by atoms with Crippen LogP contribution >= 0.6 is 0 Å². The van der Waals surface area contributed by atoms with Gasteiger partial charge in [0, 0.05) is 57.3 Å². The van der Waals surface area contributed by atoms with Gasteiger partial charge in [-0.15, -0.1) is 0 Å². The maximum atomic E-state index is 12.3. The van der Waals surface area contributed by atoms with Gasteiger partial charge >= 0.3 is 0 Å². The molecular weight excluding hydrogens is 376 g/mol. The van der Waals surface area contributed by atoms with Crippen molar-refractivity contribution in [2.24, 2.45) is 0 Å². The second kappa shape index (κ2) is 10.3. The molecule has 3 rings (SSSR count). The molecule has 2 heterocycles.